The van der Waals surface area contributed by atoms with Gasteiger partial charge in [-0.05, 0) is 48.2 Å². The molecule has 0 aliphatic rings. The van der Waals surface area contributed by atoms with Gasteiger partial charge in [-0.1, -0.05) is 32.0 Å². The number of carbonyl (C=O) groups is 1. The summed E-state index contributed by atoms with van der Waals surface area (Å²) in [4.78, 5) is 11.3. The number of amides is 1. The van der Waals surface area contributed by atoms with Gasteiger partial charge >= 0.3 is 0 Å². The minimum absolute atomic E-state index is 0.208. The van der Waals surface area contributed by atoms with Gasteiger partial charge in [-0.25, -0.2) is 8.42 Å². The number of hydrogen-bond donors (Lipinski definition) is 2. The number of anilines is 2. The maximum Gasteiger partial charge on any atom is 0.261 e. The molecule has 0 aliphatic heterocycles. The zero-order valence-electron chi connectivity index (χ0n) is 14.0. The summed E-state index contributed by atoms with van der Waals surface area (Å²) in [5.41, 5.74) is 2.05. The molecule has 0 bridgehead atoms. The standard InChI is InChI=1S/C18H22N2O3S/c1-4-13(2)15-8-10-18(11-9-15)24(22,23)20-17-7-5-6-16(12-17)19-14(3)21/h5-13,20H,4H2,1-3H3,(H,19,21)/t13-/m1/s1. The Balaban J connectivity index is 2.20. The van der Waals surface area contributed by atoms with Crippen LogP contribution in [0.3, 0.4) is 0 Å². The van der Waals surface area contributed by atoms with Gasteiger partial charge in [0.15, 0.2) is 0 Å². The van der Waals surface area contributed by atoms with Gasteiger partial charge in [0.2, 0.25) is 5.91 Å². The van der Waals surface area contributed by atoms with Gasteiger partial charge < -0.3 is 5.32 Å². The maximum atomic E-state index is 12.5. The Morgan fingerprint density at radius 3 is 2.29 bits per heavy atom. The van der Waals surface area contributed by atoms with Gasteiger partial charge in [0.05, 0.1) is 10.6 Å². The van der Waals surface area contributed by atoms with Gasteiger partial charge in [-0.2, -0.15) is 0 Å². The minimum atomic E-state index is -3.67. The molecule has 0 saturated heterocycles. The molecule has 0 saturated carbocycles. The molecule has 24 heavy (non-hydrogen) atoms. The predicted octanol–water partition coefficient (Wildman–Crippen LogP) is 3.96. The molecular formula is C18H22N2O3S. The summed E-state index contributed by atoms with van der Waals surface area (Å²) in [6, 6.07) is 13.5. The smallest absolute Gasteiger partial charge is 0.261 e. The number of rotatable bonds is 6. The Hall–Kier alpha value is -2.34. The molecule has 1 atom stereocenters. The topological polar surface area (TPSA) is 75.3 Å². The second-order valence-corrected chi connectivity index (χ2v) is 7.43. The SMILES string of the molecule is CC[C@@H](C)c1ccc(S(=O)(=O)Nc2cccc(NC(C)=O)c2)cc1. The molecule has 1 amide bonds. The Morgan fingerprint density at radius 2 is 1.71 bits per heavy atom. The number of sulfonamides is 1. The molecular weight excluding hydrogens is 324 g/mol. The monoisotopic (exact) mass is 346 g/mol. The van der Waals surface area contributed by atoms with Crippen molar-refractivity contribution in [3.05, 3.63) is 54.1 Å². The van der Waals surface area contributed by atoms with Gasteiger partial charge in [-0.3, -0.25) is 9.52 Å². The molecule has 2 aromatic rings. The summed E-state index contributed by atoms with van der Waals surface area (Å²) in [5, 5.41) is 2.62. The van der Waals surface area contributed by atoms with Crippen molar-refractivity contribution in [3.8, 4) is 0 Å². The molecule has 0 spiro atoms. The number of benzene rings is 2. The highest BCUT2D eigenvalue weighted by atomic mass is 32.2. The molecule has 2 rings (SSSR count). The number of hydrogen-bond acceptors (Lipinski definition) is 3. The highest BCUT2D eigenvalue weighted by Gasteiger charge is 2.15. The van der Waals surface area contributed by atoms with E-state index < -0.39 is 10.0 Å². The van der Waals surface area contributed by atoms with E-state index in [1.807, 2.05) is 12.1 Å². The van der Waals surface area contributed by atoms with Crippen LogP contribution in [0.25, 0.3) is 0 Å². The van der Waals surface area contributed by atoms with Crippen LogP contribution in [0.1, 0.15) is 38.7 Å². The average Bonchev–Trinajstić information content (AvgIpc) is 2.53. The van der Waals surface area contributed by atoms with Gasteiger partial charge in [0, 0.05) is 12.6 Å². The summed E-state index contributed by atoms with van der Waals surface area (Å²) in [7, 11) is -3.67. The first-order valence-electron chi connectivity index (χ1n) is 7.82. The first kappa shape index (κ1) is 18.0. The largest absolute Gasteiger partial charge is 0.326 e. The Labute approximate surface area is 143 Å². The lowest BCUT2D eigenvalue weighted by Gasteiger charge is -2.12. The maximum absolute atomic E-state index is 12.5. The Kier molecular flexibility index (Phi) is 5.62. The number of carbonyl (C=O) groups excluding carboxylic acids is 1. The molecule has 6 heteroatoms. The van der Waals surface area contributed by atoms with Crippen LogP contribution in [0, 0.1) is 0 Å². The molecule has 0 aliphatic carbocycles. The highest BCUT2D eigenvalue weighted by Crippen LogP contribution is 2.23. The fourth-order valence-electron chi connectivity index (χ4n) is 2.29. The third-order valence-electron chi connectivity index (χ3n) is 3.81. The molecule has 128 valence electrons. The van der Waals surface area contributed by atoms with Crippen molar-refractivity contribution in [1.82, 2.24) is 0 Å². The predicted molar refractivity (Wildman–Crippen MR) is 96.7 cm³/mol. The molecule has 2 aromatic carbocycles. The number of nitrogens with one attached hydrogen (secondary N) is 2. The van der Waals surface area contributed by atoms with Crippen LogP contribution in [-0.4, -0.2) is 14.3 Å². The molecule has 0 fully saturated rings. The fraction of sp³-hybridized carbons (Fsp3) is 0.278. The van der Waals surface area contributed by atoms with E-state index in [4.69, 9.17) is 0 Å². The summed E-state index contributed by atoms with van der Waals surface area (Å²) >= 11 is 0. The normalized spacial score (nSPS) is 12.5. The van der Waals surface area contributed by atoms with E-state index in [2.05, 4.69) is 23.9 Å². The van der Waals surface area contributed by atoms with Crippen LogP contribution in [0.4, 0.5) is 11.4 Å². The van der Waals surface area contributed by atoms with E-state index in [1.165, 1.54) is 6.92 Å². The van der Waals surface area contributed by atoms with Crippen molar-refractivity contribution in [2.75, 3.05) is 10.0 Å². The zero-order chi connectivity index (χ0) is 17.7. The van der Waals surface area contributed by atoms with Crippen molar-refractivity contribution >= 4 is 27.3 Å². The summed E-state index contributed by atoms with van der Waals surface area (Å²) in [6.07, 6.45) is 1.00. The molecule has 0 radical (unpaired) electrons. The Morgan fingerprint density at radius 1 is 1.08 bits per heavy atom. The minimum Gasteiger partial charge on any atom is -0.326 e. The van der Waals surface area contributed by atoms with Crippen molar-refractivity contribution in [1.29, 1.82) is 0 Å². The third-order valence-corrected chi connectivity index (χ3v) is 5.20. The first-order chi connectivity index (χ1) is 11.3. The average molecular weight is 346 g/mol. The molecule has 2 N–H and O–H groups in total. The van der Waals surface area contributed by atoms with E-state index in [-0.39, 0.29) is 10.8 Å². The lowest BCUT2D eigenvalue weighted by molar-refractivity contribution is -0.114. The van der Waals surface area contributed by atoms with E-state index in [0.29, 0.717) is 17.3 Å². The molecule has 5 nitrogen and oxygen atoms in total. The van der Waals surface area contributed by atoms with Crippen LogP contribution in [0.2, 0.25) is 0 Å². The third kappa shape index (κ3) is 4.58. The second-order valence-electron chi connectivity index (χ2n) is 5.75. The molecule has 0 aromatic heterocycles. The van der Waals surface area contributed by atoms with E-state index >= 15 is 0 Å². The van der Waals surface area contributed by atoms with E-state index in [0.717, 1.165) is 12.0 Å². The van der Waals surface area contributed by atoms with Gasteiger partial charge in [-0.15, -0.1) is 0 Å². The van der Waals surface area contributed by atoms with Crippen LogP contribution < -0.4 is 10.0 Å². The van der Waals surface area contributed by atoms with Gasteiger partial charge in [0.1, 0.15) is 0 Å². The van der Waals surface area contributed by atoms with E-state index in [1.54, 1.807) is 36.4 Å². The summed E-state index contributed by atoms with van der Waals surface area (Å²) < 4.78 is 27.5. The molecule has 0 heterocycles. The highest BCUT2D eigenvalue weighted by molar-refractivity contribution is 7.92. The zero-order valence-corrected chi connectivity index (χ0v) is 14.9. The van der Waals surface area contributed by atoms with Crippen molar-refractivity contribution in [2.24, 2.45) is 0 Å². The van der Waals surface area contributed by atoms with Crippen LogP contribution >= 0.6 is 0 Å². The van der Waals surface area contributed by atoms with Crippen LogP contribution in [-0.2, 0) is 14.8 Å². The van der Waals surface area contributed by atoms with Crippen molar-refractivity contribution in [3.63, 3.8) is 0 Å². The summed E-state index contributed by atoms with van der Waals surface area (Å²) in [5.74, 6) is 0.180. The second kappa shape index (κ2) is 7.49. The van der Waals surface area contributed by atoms with Crippen LogP contribution in [0.5, 0.6) is 0 Å². The van der Waals surface area contributed by atoms with Gasteiger partial charge in [0.25, 0.3) is 10.0 Å². The Bertz CT molecular complexity index is 814. The van der Waals surface area contributed by atoms with Crippen LogP contribution in [0.15, 0.2) is 53.4 Å². The lowest BCUT2D eigenvalue weighted by Crippen LogP contribution is -2.13. The van der Waals surface area contributed by atoms with Crippen molar-refractivity contribution in [2.45, 2.75) is 38.0 Å². The lowest BCUT2D eigenvalue weighted by atomic mass is 9.99. The van der Waals surface area contributed by atoms with Crippen molar-refractivity contribution < 1.29 is 13.2 Å². The van der Waals surface area contributed by atoms with E-state index in [9.17, 15) is 13.2 Å². The molecule has 0 unspecified atom stereocenters. The summed E-state index contributed by atoms with van der Waals surface area (Å²) in [6.45, 7) is 5.60. The first-order valence-corrected chi connectivity index (χ1v) is 9.30. The quantitative estimate of drug-likeness (QED) is 0.831. The fourth-order valence-corrected chi connectivity index (χ4v) is 3.34.